The SMILES string of the molecule is O=C1OC[C@H](c2ccccc2)N1CCCC1CCN(C[C@H]2COc3ccccc3O2)CC1.S.S. The summed E-state index contributed by atoms with van der Waals surface area (Å²) in [6.07, 6.45) is 4.52. The molecular formula is C26H36N2O4S2. The number of amides is 1. The molecule has 3 aliphatic heterocycles. The van der Waals surface area contributed by atoms with Crippen LogP contribution >= 0.6 is 27.0 Å². The highest BCUT2D eigenvalue weighted by molar-refractivity contribution is 7.59. The Morgan fingerprint density at radius 1 is 0.853 bits per heavy atom. The van der Waals surface area contributed by atoms with E-state index in [0.29, 0.717) is 13.2 Å². The van der Waals surface area contributed by atoms with Gasteiger partial charge in [-0.3, -0.25) is 9.80 Å². The average Bonchev–Trinajstić information content (AvgIpc) is 3.21. The molecule has 0 N–H and O–H groups in total. The number of hydrogen-bond donors (Lipinski definition) is 0. The van der Waals surface area contributed by atoms with Gasteiger partial charge in [0.15, 0.2) is 11.5 Å². The number of rotatable bonds is 7. The molecular weight excluding hydrogens is 468 g/mol. The van der Waals surface area contributed by atoms with Gasteiger partial charge in [-0.15, -0.1) is 0 Å². The normalized spacial score (nSPS) is 22.5. The van der Waals surface area contributed by atoms with Crippen molar-refractivity contribution in [3.63, 3.8) is 0 Å². The Labute approximate surface area is 216 Å². The summed E-state index contributed by atoms with van der Waals surface area (Å²) < 4.78 is 17.3. The highest BCUT2D eigenvalue weighted by Crippen LogP contribution is 2.32. The zero-order valence-electron chi connectivity index (χ0n) is 19.5. The van der Waals surface area contributed by atoms with Gasteiger partial charge < -0.3 is 14.2 Å². The summed E-state index contributed by atoms with van der Waals surface area (Å²) in [5.41, 5.74) is 1.16. The van der Waals surface area contributed by atoms with Crippen LogP contribution in [0.25, 0.3) is 0 Å². The molecule has 0 bridgehead atoms. The number of carbonyl (C=O) groups is 1. The van der Waals surface area contributed by atoms with Crippen LogP contribution in [0.3, 0.4) is 0 Å². The smallest absolute Gasteiger partial charge is 0.410 e. The predicted molar refractivity (Wildman–Crippen MR) is 143 cm³/mol. The number of ether oxygens (including phenoxy) is 3. The van der Waals surface area contributed by atoms with E-state index in [-0.39, 0.29) is 45.2 Å². The van der Waals surface area contributed by atoms with Gasteiger partial charge in [-0.25, -0.2) is 4.79 Å². The molecule has 1 amide bonds. The lowest BCUT2D eigenvalue weighted by atomic mass is 9.92. The Balaban J connectivity index is 0.00000162. The Kier molecular flexibility index (Phi) is 9.85. The summed E-state index contributed by atoms with van der Waals surface area (Å²) in [6.45, 7) is 4.96. The Bertz CT molecular complexity index is 909. The van der Waals surface area contributed by atoms with Gasteiger partial charge in [0.2, 0.25) is 0 Å². The molecule has 8 heteroatoms. The number of para-hydroxylation sites is 2. The average molecular weight is 505 g/mol. The van der Waals surface area contributed by atoms with Crippen LogP contribution in [0.4, 0.5) is 4.79 Å². The maximum atomic E-state index is 12.2. The first kappa shape index (κ1) is 26.6. The van der Waals surface area contributed by atoms with Crippen molar-refractivity contribution in [2.45, 2.75) is 37.8 Å². The van der Waals surface area contributed by atoms with Gasteiger partial charge in [0.1, 0.15) is 19.3 Å². The Morgan fingerprint density at radius 2 is 1.56 bits per heavy atom. The molecule has 0 unspecified atom stereocenters. The van der Waals surface area contributed by atoms with Crippen LogP contribution in [-0.2, 0) is 4.74 Å². The van der Waals surface area contributed by atoms with Gasteiger partial charge in [-0.05, 0) is 62.4 Å². The van der Waals surface area contributed by atoms with E-state index in [0.717, 1.165) is 62.0 Å². The van der Waals surface area contributed by atoms with E-state index in [9.17, 15) is 4.79 Å². The van der Waals surface area contributed by atoms with Crippen molar-refractivity contribution in [1.82, 2.24) is 9.80 Å². The monoisotopic (exact) mass is 504 g/mol. The third-order valence-corrected chi connectivity index (χ3v) is 6.91. The molecule has 0 aromatic heterocycles. The number of cyclic esters (lactones) is 1. The maximum Gasteiger partial charge on any atom is 0.410 e. The summed E-state index contributed by atoms with van der Waals surface area (Å²) in [5.74, 6) is 2.43. The first-order valence-corrected chi connectivity index (χ1v) is 11.9. The van der Waals surface area contributed by atoms with Crippen LogP contribution in [0.2, 0.25) is 0 Å². The van der Waals surface area contributed by atoms with Gasteiger partial charge >= 0.3 is 6.09 Å². The highest BCUT2D eigenvalue weighted by atomic mass is 32.1. The van der Waals surface area contributed by atoms with Gasteiger partial charge in [0.05, 0.1) is 6.04 Å². The van der Waals surface area contributed by atoms with Crippen LogP contribution in [-0.4, -0.2) is 61.4 Å². The summed E-state index contributed by atoms with van der Waals surface area (Å²) in [4.78, 5) is 16.6. The molecule has 2 aromatic rings. The molecule has 0 radical (unpaired) electrons. The maximum absolute atomic E-state index is 12.2. The first-order valence-electron chi connectivity index (χ1n) is 11.9. The molecule has 2 atom stereocenters. The van der Waals surface area contributed by atoms with Crippen molar-refractivity contribution < 1.29 is 19.0 Å². The van der Waals surface area contributed by atoms with Gasteiger partial charge in [0, 0.05) is 13.1 Å². The molecule has 34 heavy (non-hydrogen) atoms. The van der Waals surface area contributed by atoms with E-state index in [1.54, 1.807) is 0 Å². The fraction of sp³-hybridized carbons (Fsp3) is 0.500. The number of likely N-dealkylation sites (tertiary alicyclic amines) is 1. The van der Waals surface area contributed by atoms with Crippen LogP contribution in [0, 0.1) is 5.92 Å². The number of carbonyl (C=O) groups excluding carboxylic acids is 1. The fourth-order valence-corrected chi connectivity index (χ4v) is 5.10. The lowest BCUT2D eigenvalue weighted by Crippen LogP contribution is -2.44. The number of hydrogen-bond acceptors (Lipinski definition) is 5. The molecule has 2 aromatic carbocycles. The van der Waals surface area contributed by atoms with Gasteiger partial charge in [-0.1, -0.05) is 42.5 Å². The minimum Gasteiger partial charge on any atom is -0.486 e. The molecule has 6 nitrogen and oxygen atoms in total. The Morgan fingerprint density at radius 3 is 2.32 bits per heavy atom. The number of piperidine rings is 1. The molecule has 186 valence electrons. The van der Waals surface area contributed by atoms with E-state index < -0.39 is 0 Å². The number of benzene rings is 2. The van der Waals surface area contributed by atoms with Crippen molar-refractivity contribution in [2.24, 2.45) is 5.92 Å². The number of nitrogens with zero attached hydrogens (tertiary/aromatic N) is 2. The molecule has 3 heterocycles. The lowest BCUT2D eigenvalue weighted by molar-refractivity contribution is 0.0469. The first-order chi connectivity index (χ1) is 15.8. The molecule has 0 spiro atoms. The predicted octanol–water partition coefficient (Wildman–Crippen LogP) is 4.74. The van der Waals surface area contributed by atoms with Gasteiger partial charge in [0.25, 0.3) is 0 Å². The molecule has 5 rings (SSSR count). The summed E-state index contributed by atoms with van der Waals surface area (Å²) >= 11 is 0. The fourth-order valence-electron chi connectivity index (χ4n) is 5.10. The standard InChI is InChI=1S/C26H32N2O4.2H2S/c29-26-28(23(19-31-26)21-8-2-1-3-9-21)14-6-7-20-12-15-27(16-13-20)17-22-18-30-24-10-4-5-11-25(24)32-22;;/h1-5,8-11,20,22-23H,6-7,12-19H2;2*1H2/t22-,23+;;/m0../s1. The zero-order chi connectivity index (χ0) is 21.8. The third kappa shape index (κ3) is 6.34. The van der Waals surface area contributed by atoms with Crippen molar-refractivity contribution in [2.75, 3.05) is 39.4 Å². The van der Waals surface area contributed by atoms with Crippen molar-refractivity contribution in [3.8, 4) is 11.5 Å². The summed E-state index contributed by atoms with van der Waals surface area (Å²) in [5, 5.41) is 0. The minimum atomic E-state index is -0.176. The third-order valence-electron chi connectivity index (χ3n) is 6.91. The molecule has 0 saturated carbocycles. The second kappa shape index (κ2) is 12.6. The van der Waals surface area contributed by atoms with E-state index in [2.05, 4.69) is 17.0 Å². The Hall–Kier alpha value is -2.03. The van der Waals surface area contributed by atoms with Crippen molar-refractivity contribution in [1.29, 1.82) is 0 Å². The quantitative estimate of drug-likeness (QED) is 0.545. The molecule has 2 fully saturated rings. The number of fused-ring (bicyclic) bond motifs is 1. The summed E-state index contributed by atoms with van der Waals surface area (Å²) in [6, 6.07) is 18.2. The molecule has 2 saturated heterocycles. The second-order valence-corrected chi connectivity index (χ2v) is 9.08. The second-order valence-electron chi connectivity index (χ2n) is 9.08. The van der Waals surface area contributed by atoms with Crippen LogP contribution < -0.4 is 9.47 Å². The van der Waals surface area contributed by atoms with Crippen LogP contribution in [0.15, 0.2) is 54.6 Å². The minimum absolute atomic E-state index is 0. The van der Waals surface area contributed by atoms with Gasteiger partial charge in [-0.2, -0.15) is 27.0 Å². The van der Waals surface area contributed by atoms with Crippen molar-refractivity contribution in [3.05, 3.63) is 60.2 Å². The highest BCUT2D eigenvalue weighted by Gasteiger charge is 2.33. The van der Waals surface area contributed by atoms with E-state index in [1.165, 1.54) is 12.8 Å². The summed E-state index contributed by atoms with van der Waals surface area (Å²) in [7, 11) is 0. The largest absolute Gasteiger partial charge is 0.486 e. The van der Waals surface area contributed by atoms with E-state index >= 15 is 0 Å². The van der Waals surface area contributed by atoms with E-state index in [4.69, 9.17) is 14.2 Å². The van der Waals surface area contributed by atoms with Crippen LogP contribution in [0.1, 0.15) is 37.3 Å². The molecule has 3 aliphatic rings. The topological polar surface area (TPSA) is 51.2 Å². The van der Waals surface area contributed by atoms with E-state index in [1.807, 2.05) is 47.4 Å². The lowest BCUT2D eigenvalue weighted by Gasteiger charge is -2.35. The molecule has 0 aliphatic carbocycles. The zero-order valence-corrected chi connectivity index (χ0v) is 21.5. The van der Waals surface area contributed by atoms with Crippen LogP contribution in [0.5, 0.6) is 11.5 Å². The van der Waals surface area contributed by atoms with Crippen molar-refractivity contribution >= 4 is 33.1 Å².